The van der Waals surface area contributed by atoms with E-state index < -0.39 is 0 Å². The fourth-order valence-electron chi connectivity index (χ4n) is 5.19. The maximum absolute atomic E-state index is 13.1. The predicted octanol–water partition coefficient (Wildman–Crippen LogP) is 5.41. The molecule has 1 atom stereocenters. The first kappa shape index (κ1) is 23.4. The molecule has 190 valence electrons. The second-order valence-electron chi connectivity index (χ2n) is 9.79. The maximum atomic E-state index is 13.1. The summed E-state index contributed by atoms with van der Waals surface area (Å²) in [6.07, 6.45) is 1.27. The Morgan fingerprint density at radius 1 is 0.973 bits per heavy atom. The van der Waals surface area contributed by atoms with Crippen LogP contribution in [0.3, 0.4) is 0 Å². The summed E-state index contributed by atoms with van der Waals surface area (Å²) in [7, 11) is 0. The highest BCUT2D eigenvalue weighted by atomic mass is 16.6. The molecule has 1 saturated heterocycles. The highest BCUT2D eigenvalue weighted by Crippen LogP contribution is 2.38. The molecule has 3 aromatic carbocycles. The molecule has 1 aromatic heterocycles. The van der Waals surface area contributed by atoms with Gasteiger partial charge < -0.3 is 23.7 Å². The molecule has 3 heterocycles. The standard InChI is InChI=1S/C30H31N3O4/c1-20-8-10-24(16-21(20)2)35-13-5-12-32-26-7-4-3-6-25(26)31-30(32)22-17-29(34)33(19-22)23-9-11-27-28(18-23)37-15-14-36-27/h3-4,6-11,16,18,22H,5,12-15,17,19H2,1-2H3. The fraction of sp³-hybridized carbons (Fsp3) is 0.333. The van der Waals surface area contributed by atoms with Crippen LogP contribution in [0.25, 0.3) is 11.0 Å². The third-order valence-electron chi connectivity index (χ3n) is 7.28. The second-order valence-corrected chi connectivity index (χ2v) is 9.79. The third-order valence-corrected chi connectivity index (χ3v) is 7.28. The number of anilines is 1. The van der Waals surface area contributed by atoms with Crippen molar-refractivity contribution in [3.05, 3.63) is 77.6 Å². The minimum Gasteiger partial charge on any atom is -0.494 e. The normalized spacial score (nSPS) is 17.0. The average Bonchev–Trinajstić information content (AvgIpc) is 3.48. The molecule has 0 spiro atoms. The molecule has 37 heavy (non-hydrogen) atoms. The van der Waals surface area contributed by atoms with Crippen LogP contribution in [-0.2, 0) is 11.3 Å². The molecule has 0 radical (unpaired) electrons. The van der Waals surface area contributed by atoms with Gasteiger partial charge in [0.2, 0.25) is 5.91 Å². The number of aromatic nitrogens is 2. The zero-order valence-corrected chi connectivity index (χ0v) is 21.3. The first-order valence-electron chi connectivity index (χ1n) is 12.9. The average molecular weight is 498 g/mol. The number of rotatable bonds is 7. The number of nitrogens with zero attached hydrogens (tertiary/aromatic N) is 3. The van der Waals surface area contributed by atoms with Crippen molar-refractivity contribution < 1.29 is 19.0 Å². The number of benzene rings is 3. The lowest BCUT2D eigenvalue weighted by Gasteiger charge is -2.22. The molecule has 4 aromatic rings. The minimum atomic E-state index is 0.00812. The fourth-order valence-corrected chi connectivity index (χ4v) is 5.19. The number of imidazole rings is 1. The predicted molar refractivity (Wildman–Crippen MR) is 143 cm³/mol. The van der Waals surface area contributed by atoms with E-state index in [9.17, 15) is 4.79 Å². The van der Waals surface area contributed by atoms with E-state index in [1.54, 1.807) is 0 Å². The third kappa shape index (κ3) is 4.61. The van der Waals surface area contributed by atoms with Gasteiger partial charge in [0.15, 0.2) is 11.5 Å². The smallest absolute Gasteiger partial charge is 0.227 e. The van der Waals surface area contributed by atoms with Crippen molar-refractivity contribution in [2.24, 2.45) is 0 Å². The van der Waals surface area contributed by atoms with E-state index in [1.165, 1.54) is 11.1 Å². The second kappa shape index (κ2) is 9.81. The zero-order valence-electron chi connectivity index (χ0n) is 21.3. The number of hydrogen-bond acceptors (Lipinski definition) is 5. The zero-order chi connectivity index (χ0) is 25.4. The van der Waals surface area contributed by atoms with Gasteiger partial charge in [-0.15, -0.1) is 0 Å². The van der Waals surface area contributed by atoms with Crippen LogP contribution in [0.4, 0.5) is 5.69 Å². The van der Waals surface area contributed by atoms with Gasteiger partial charge in [0, 0.05) is 37.2 Å². The topological polar surface area (TPSA) is 65.8 Å². The molecule has 7 heteroatoms. The number of hydrogen-bond donors (Lipinski definition) is 0. The van der Waals surface area contributed by atoms with E-state index in [-0.39, 0.29) is 11.8 Å². The number of aryl methyl sites for hydroxylation is 3. The van der Waals surface area contributed by atoms with E-state index in [2.05, 4.69) is 36.6 Å². The number of carbonyl (C=O) groups excluding carboxylic acids is 1. The number of amides is 1. The van der Waals surface area contributed by atoms with Gasteiger partial charge in [0.1, 0.15) is 24.8 Å². The maximum Gasteiger partial charge on any atom is 0.227 e. The Balaban J connectivity index is 1.20. The lowest BCUT2D eigenvalue weighted by Crippen LogP contribution is -2.25. The van der Waals surface area contributed by atoms with Crippen molar-refractivity contribution in [2.75, 3.05) is 31.3 Å². The molecule has 2 aliphatic heterocycles. The van der Waals surface area contributed by atoms with Crippen molar-refractivity contribution >= 4 is 22.6 Å². The van der Waals surface area contributed by atoms with Crippen LogP contribution < -0.4 is 19.1 Å². The van der Waals surface area contributed by atoms with Crippen LogP contribution in [0.15, 0.2) is 60.7 Å². The van der Waals surface area contributed by atoms with E-state index >= 15 is 0 Å². The quantitative estimate of drug-likeness (QED) is 0.319. The Hall–Kier alpha value is -4.00. The Labute approximate surface area is 216 Å². The van der Waals surface area contributed by atoms with Crippen LogP contribution in [0, 0.1) is 13.8 Å². The van der Waals surface area contributed by atoms with E-state index in [0.717, 1.165) is 47.0 Å². The highest BCUT2D eigenvalue weighted by molar-refractivity contribution is 5.97. The van der Waals surface area contributed by atoms with Gasteiger partial charge in [-0.3, -0.25) is 4.79 Å². The summed E-state index contributed by atoms with van der Waals surface area (Å²) in [6, 6.07) is 20.1. The van der Waals surface area contributed by atoms with Gasteiger partial charge in [-0.25, -0.2) is 4.98 Å². The summed E-state index contributed by atoms with van der Waals surface area (Å²) in [4.78, 5) is 19.9. The van der Waals surface area contributed by atoms with Crippen molar-refractivity contribution in [3.8, 4) is 17.2 Å². The number of ether oxygens (including phenoxy) is 3. The molecule has 1 amide bonds. The highest BCUT2D eigenvalue weighted by Gasteiger charge is 2.35. The first-order chi connectivity index (χ1) is 18.1. The Kier molecular flexibility index (Phi) is 6.20. The van der Waals surface area contributed by atoms with Gasteiger partial charge in [0.05, 0.1) is 17.6 Å². The lowest BCUT2D eigenvalue weighted by atomic mass is 10.1. The molecular formula is C30H31N3O4. The van der Waals surface area contributed by atoms with Gasteiger partial charge in [0.25, 0.3) is 0 Å². The molecule has 1 fully saturated rings. The van der Waals surface area contributed by atoms with Crippen LogP contribution in [0.1, 0.15) is 35.7 Å². The molecule has 0 N–H and O–H groups in total. The van der Waals surface area contributed by atoms with E-state index in [0.29, 0.717) is 38.5 Å². The summed E-state index contributed by atoms with van der Waals surface area (Å²) in [5.74, 6) is 3.38. The lowest BCUT2D eigenvalue weighted by molar-refractivity contribution is -0.117. The molecule has 0 bridgehead atoms. The number of para-hydroxylation sites is 2. The van der Waals surface area contributed by atoms with Crippen LogP contribution in [0.2, 0.25) is 0 Å². The Morgan fingerprint density at radius 3 is 2.68 bits per heavy atom. The van der Waals surface area contributed by atoms with Crippen LogP contribution >= 0.6 is 0 Å². The molecule has 2 aliphatic rings. The monoisotopic (exact) mass is 497 g/mol. The summed E-state index contributed by atoms with van der Waals surface area (Å²) in [5, 5.41) is 0. The van der Waals surface area contributed by atoms with Gasteiger partial charge in [-0.2, -0.15) is 0 Å². The molecular weight excluding hydrogens is 466 g/mol. The van der Waals surface area contributed by atoms with E-state index in [1.807, 2.05) is 47.4 Å². The van der Waals surface area contributed by atoms with Crippen molar-refractivity contribution in [3.63, 3.8) is 0 Å². The van der Waals surface area contributed by atoms with Gasteiger partial charge in [-0.05, 0) is 67.8 Å². The molecule has 0 saturated carbocycles. The largest absolute Gasteiger partial charge is 0.494 e. The first-order valence-corrected chi connectivity index (χ1v) is 12.9. The summed E-state index contributed by atoms with van der Waals surface area (Å²) in [6.45, 7) is 7.24. The van der Waals surface area contributed by atoms with Crippen molar-refractivity contribution in [2.45, 2.75) is 39.2 Å². The van der Waals surface area contributed by atoms with Gasteiger partial charge >= 0.3 is 0 Å². The molecule has 7 nitrogen and oxygen atoms in total. The number of carbonyl (C=O) groups is 1. The summed E-state index contributed by atoms with van der Waals surface area (Å²) < 4.78 is 19.7. The van der Waals surface area contributed by atoms with Crippen molar-refractivity contribution in [1.29, 1.82) is 0 Å². The summed E-state index contributed by atoms with van der Waals surface area (Å²) in [5.41, 5.74) is 5.38. The SMILES string of the molecule is Cc1ccc(OCCCn2c(C3CC(=O)N(c4ccc5c(c4)OCCO5)C3)nc3ccccc32)cc1C. The minimum absolute atomic E-state index is 0.00812. The molecule has 0 aliphatic carbocycles. The van der Waals surface area contributed by atoms with E-state index in [4.69, 9.17) is 19.2 Å². The van der Waals surface area contributed by atoms with Crippen molar-refractivity contribution in [1.82, 2.24) is 9.55 Å². The Morgan fingerprint density at radius 2 is 1.81 bits per heavy atom. The molecule has 1 unspecified atom stereocenters. The Bertz CT molecular complexity index is 1460. The van der Waals surface area contributed by atoms with Gasteiger partial charge in [-0.1, -0.05) is 18.2 Å². The number of fused-ring (bicyclic) bond motifs is 2. The van der Waals surface area contributed by atoms with Crippen LogP contribution in [0.5, 0.6) is 17.2 Å². The van der Waals surface area contributed by atoms with Crippen LogP contribution in [-0.4, -0.2) is 41.8 Å². The molecule has 6 rings (SSSR count). The summed E-state index contributed by atoms with van der Waals surface area (Å²) >= 11 is 0.